The first-order valence-corrected chi connectivity index (χ1v) is 5.96. The molecule has 0 aromatic heterocycles. The first kappa shape index (κ1) is 11.0. The fourth-order valence-electron chi connectivity index (χ4n) is 2.66. The van der Waals surface area contributed by atoms with Crippen molar-refractivity contribution < 1.29 is 0 Å². The zero-order chi connectivity index (χ0) is 9.68. The van der Waals surface area contributed by atoms with Gasteiger partial charge in [0.2, 0.25) is 0 Å². The van der Waals surface area contributed by atoms with Gasteiger partial charge in [0.1, 0.15) is 0 Å². The Kier molecular flexibility index (Phi) is 4.79. The average molecular weight is 183 g/mol. The highest BCUT2D eigenvalue weighted by Crippen LogP contribution is 2.29. The molecule has 2 unspecified atom stereocenters. The summed E-state index contributed by atoms with van der Waals surface area (Å²) in [7, 11) is 2.27. The first-order valence-electron chi connectivity index (χ1n) is 5.96. The van der Waals surface area contributed by atoms with Crippen LogP contribution in [0, 0.1) is 11.8 Å². The molecule has 0 aromatic carbocycles. The zero-order valence-corrected chi connectivity index (χ0v) is 9.55. The Labute approximate surface area is 83.5 Å². The van der Waals surface area contributed by atoms with E-state index in [0.29, 0.717) is 0 Å². The molecule has 1 aliphatic rings. The van der Waals surface area contributed by atoms with Crippen LogP contribution in [0.4, 0.5) is 0 Å². The summed E-state index contributed by atoms with van der Waals surface area (Å²) in [6.07, 6.45) is 7.06. The highest BCUT2D eigenvalue weighted by Gasteiger charge is 2.28. The Hall–Kier alpha value is -0.0400. The van der Waals surface area contributed by atoms with Crippen LogP contribution in [0.3, 0.4) is 0 Å². The van der Waals surface area contributed by atoms with E-state index >= 15 is 0 Å². The number of hydrogen-bond acceptors (Lipinski definition) is 1. The van der Waals surface area contributed by atoms with Crippen LogP contribution < -0.4 is 0 Å². The first-order chi connectivity index (χ1) is 6.27. The molecule has 0 aromatic rings. The minimum absolute atomic E-state index is 1.00. The summed E-state index contributed by atoms with van der Waals surface area (Å²) in [6, 6.07) is 0. The lowest BCUT2D eigenvalue weighted by Crippen LogP contribution is -2.13. The molecular formula is C12H25N. The van der Waals surface area contributed by atoms with Crippen LogP contribution in [0.2, 0.25) is 0 Å². The van der Waals surface area contributed by atoms with Crippen molar-refractivity contribution >= 4 is 0 Å². The fraction of sp³-hybridized carbons (Fsp3) is 1.00. The normalized spacial score (nSPS) is 29.8. The summed E-state index contributed by atoms with van der Waals surface area (Å²) in [6.45, 7) is 7.32. The van der Waals surface area contributed by atoms with Gasteiger partial charge < -0.3 is 4.90 Å². The molecule has 1 nitrogen and oxygen atoms in total. The second-order valence-electron chi connectivity index (χ2n) is 4.67. The predicted molar refractivity (Wildman–Crippen MR) is 58.9 cm³/mol. The largest absolute Gasteiger partial charge is 0.306 e. The lowest BCUT2D eigenvalue weighted by Gasteiger charge is -2.16. The number of likely N-dealkylation sites (tertiary alicyclic amines) is 1. The molecule has 1 heteroatoms. The standard InChI is InChI=1S/C12H25N/c1-4-6-8-12-10-13(3)9-11(12)7-5-2/h11-12H,4-10H2,1-3H3. The Morgan fingerprint density at radius 1 is 1.00 bits per heavy atom. The summed E-state index contributed by atoms with van der Waals surface area (Å²) in [5, 5.41) is 0. The molecular weight excluding hydrogens is 158 g/mol. The zero-order valence-electron chi connectivity index (χ0n) is 9.55. The van der Waals surface area contributed by atoms with Gasteiger partial charge in [0.15, 0.2) is 0 Å². The Bertz CT molecular complexity index is 133. The molecule has 1 heterocycles. The summed E-state index contributed by atoms with van der Waals surface area (Å²) in [5.41, 5.74) is 0. The van der Waals surface area contributed by atoms with Gasteiger partial charge in [0.25, 0.3) is 0 Å². The van der Waals surface area contributed by atoms with Crippen molar-refractivity contribution in [2.45, 2.75) is 46.0 Å². The molecule has 1 saturated heterocycles. The molecule has 1 aliphatic heterocycles. The van der Waals surface area contributed by atoms with E-state index in [1.165, 1.54) is 45.2 Å². The van der Waals surface area contributed by atoms with E-state index in [2.05, 4.69) is 25.8 Å². The summed E-state index contributed by atoms with van der Waals surface area (Å²) in [4.78, 5) is 2.51. The van der Waals surface area contributed by atoms with Gasteiger partial charge in [0, 0.05) is 13.1 Å². The lowest BCUT2D eigenvalue weighted by molar-refractivity contribution is 0.360. The molecule has 0 spiro atoms. The maximum atomic E-state index is 2.51. The van der Waals surface area contributed by atoms with E-state index in [1.807, 2.05) is 0 Å². The topological polar surface area (TPSA) is 3.24 Å². The van der Waals surface area contributed by atoms with Crippen molar-refractivity contribution in [2.24, 2.45) is 11.8 Å². The van der Waals surface area contributed by atoms with E-state index in [-0.39, 0.29) is 0 Å². The molecule has 2 atom stereocenters. The van der Waals surface area contributed by atoms with E-state index in [9.17, 15) is 0 Å². The number of nitrogens with zero attached hydrogens (tertiary/aromatic N) is 1. The summed E-state index contributed by atoms with van der Waals surface area (Å²) >= 11 is 0. The predicted octanol–water partition coefficient (Wildman–Crippen LogP) is 3.15. The molecule has 0 aliphatic carbocycles. The van der Waals surface area contributed by atoms with Crippen molar-refractivity contribution in [2.75, 3.05) is 20.1 Å². The van der Waals surface area contributed by atoms with Gasteiger partial charge in [0.05, 0.1) is 0 Å². The monoisotopic (exact) mass is 183 g/mol. The van der Waals surface area contributed by atoms with Crippen LogP contribution in [-0.4, -0.2) is 25.0 Å². The van der Waals surface area contributed by atoms with Crippen LogP contribution in [0.1, 0.15) is 46.0 Å². The third-order valence-electron chi connectivity index (χ3n) is 3.35. The van der Waals surface area contributed by atoms with Gasteiger partial charge >= 0.3 is 0 Å². The third-order valence-corrected chi connectivity index (χ3v) is 3.35. The maximum Gasteiger partial charge on any atom is 0.000985 e. The van der Waals surface area contributed by atoms with E-state index < -0.39 is 0 Å². The Morgan fingerprint density at radius 2 is 1.62 bits per heavy atom. The average Bonchev–Trinajstić information content (AvgIpc) is 2.44. The molecule has 0 saturated carbocycles. The number of hydrogen-bond donors (Lipinski definition) is 0. The molecule has 0 radical (unpaired) electrons. The van der Waals surface area contributed by atoms with Gasteiger partial charge in [-0.3, -0.25) is 0 Å². The van der Waals surface area contributed by atoms with Gasteiger partial charge in [-0.2, -0.15) is 0 Å². The minimum Gasteiger partial charge on any atom is -0.306 e. The molecule has 78 valence electrons. The summed E-state index contributed by atoms with van der Waals surface area (Å²) < 4.78 is 0. The number of unbranched alkanes of at least 4 members (excludes halogenated alkanes) is 1. The van der Waals surface area contributed by atoms with Crippen LogP contribution in [0.5, 0.6) is 0 Å². The van der Waals surface area contributed by atoms with Crippen LogP contribution in [0.25, 0.3) is 0 Å². The van der Waals surface area contributed by atoms with Gasteiger partial charge in [-0.1, -0.05) is 33.1 Å². The van der Waals surface area contributed by atoms with E-state index in [1.54, 1.807) is 0 Å². The van der Waals surface area contributed by atoms with E-state index in [0.717, 1.165) is 11.8 Å². The van der Waals surface area contributed by atoms with Crippen LogP contribution >= 0.6 is 0 Å². The maximum absolute atomic E-state index is 2.51. The molecule has 13 heavy (non-hydrogen) atoms. The molecule has 0 amide bonds. The highest BCUT2D eigenvalue weighted by molar-refractivity contribution is 4.81. The quantitative estimate of drug-likeness (QED) is 0.633. The van der Waals surface area contributed by atoms with Gasteiger partial charge in [-0.15, -0.1) is 0 Å². The molecule has 1 fully saturated rings. The van der Waals surface area contributed by atoms with Crippen molar-refractivity contribution in [1.82, 2.24) is 4.90 Å². The SMILES string of the molecule is CCCCC1CN(C)CC1CCC. The van der Waals surface area contributed by atoms with Crippen LogP contribution in [0.15, 0.2) is 0 Å². The lowest BCUT2D eigenvalue weighted by atomic mass is 9.88. The fourth-order valence-corrected chi connectivity index (χ4v) is 2.66. The van der Waals surface area contributed by atoms with Gasteiger partial charge in [-0.05, 0) is 31.7 Å². The second kappa shape index (κ2) is 5.64. The third kappa shape index (κ3) is 3.30. The highest BCUT2D eigenvalue weighted by atomic mass is 15.1. The number of rotatable bonds is 5. The molecule has 0 bridgehead atoms. The smallest absolute Gasteiger partial charge is 0.000985 e. The summed E-state index contributed by atoms with van der Waals surface area (Å²) in [5.74, 6) is 2.01. The molecule has 0 N–H and O–H groups in total. The minimum atomic E-state index is 1.00. The molecule has 1 rings (SSSR count). The Balaban J connectivity index is 2.31. The van der Waals surface area contributed by atoms with Crippen molar-refractivity contribution in [3.05, 3.63) is 0 Å². The van der Waals surface area contributed by atoms with E-state index in [4.69, 9.17) is 0 Å². The van der Waals surface area contributed by atoms with Crippen LogP contribution in [-0.2, 0) is 0 Å². The van der Waals surface area contributed by atoms with Crippen molar-refractivity contribution in [3.63, 3.8) is 0 Å². The Morgan fingerprint density at radius 3 is 2.15 bits per heavy atom. The van der Waals surface area contributed by atoms with Gasteiger partial charge in [-0.25, -0.2) is 0 Å². The van der Waals surface area contributed by atoms with Crippen molar-refractivity contribution in [1.29, 1.82) is 0 Å². The van der Waals surface area contributed by atoms with Crippen molar-refractivity contribution in [3.8, 4) is 0 Å². The second-order valence-corrected chi connectivity index (χ2v) is 4.67.